The van der Waals surface area contributed by atoms with Gasteiger partial charge in [-0.3, -0.25) is 4.90 Å². The van der Waals surface area contributed by atoms with E-state index in [4.69, 9.17) is 9.97 Å². The van der Waals surface area contributed by atoms with Crippen molar-refractivity contribution in [1.29, 1.82) is 0 Å². The highest BCUT2D eigenvalue weighted by atomic mass is 32.1. The highest BCUT2D eigenvalue weighted by molar-refractivity contribution is 7.18. The summed E-state index contributed by atoms with van der Waals surface area (Å²) in [6, 6.07) is 0.0346. The van der Waals surface area contributed by atoms with E-state index in [0.717, 1.165) is 47.9 Å². The number of aliphatic hydroxyl groups is 1. The van der Waals surface area contributed by atoms with E-state index in [9.17, 15) is 5.11 Å². The molecule has 0 saturated carbocycles. The Bertz CT molecular complexity index is 675. The van der Waals surface area contributed by atoms with Gasteiger partial charge in [-0.25, -0.2) is 9.97 Å². The highest BCUT2D eigenvalue weighted by Gasteiger charge is 2.19. The Hall–Kier alpha value is -1.24. The molecule has 0 radical (unpaired) electrons. The van der Waals surface area contributed by atoms with Crippen molar-refractivity contribution in [3.8, 4) is 0 Å². The Kier molecular flexibility index (Phi) is 5.14. The third-order valence-electron chi connectivity index (χ3n) is 4.69. The number of hydrogen-bond acceptors (Lipinski definition) is 6. The quantitative estimate of drug-likeness (QED) is 0.850. The molecule has 23 heavy (non-hydrogen) atoms. The van der Waals surface area contributed by atoms with E-state index in [-0.39, 0.29) is 12.6 Å². The number of nitrogens with one attached hydrogen (secondary N) is 1. The highest BCUT2D eigenvalue weighted by Crippen LogP contribution is 2.34. The average Bonchev–Trinajstić information content (AvgIpc) is 3.13. The van der Waals surface area contributed by atoms with Crippen LogP contribution in [0.3, 0.4) is 0 Å². The van der Waals surface area contributed by atoms with Crippen LogP contribution in [0.1, 0.15) is 42.5 Å². The minimum atomic E-state index is 0.0346. The van der Waals surface area contributed by atoms with Crippen LogP contribution in [0.25, 0.3) is 10.2 Å². The van der Waals surface area contributed by atoms with Crippen LogP contribution in [-0.4, -0.2) is 45.7 Å². The van der Waals surface area contributed by atoms with Gasteiger partial charge >= 0.3 is 0 Å². The fourth-order valence-electron chi connectivity index (χ4n) is 3.08. The van der Waals surface area contributed by atoms with Gasteiger partial charge in [-0.2, -0.15) is 0 Å². The van der Waals surface area contributed by atoms with Crippen molar-refractivity contribution in [2.75, 3.05) is 25.0 Å². The number of rotatable bonds is 6. The number of hydrogen-bond donors (Lipinski definition) is 2. The Morgan fingerprint density at radius 3 is 2.65 bits per heavy atom. The van der Waals surface area contributed by atoms with Crippen LogP contribution in [-0.2, 0) is 6.54 Å². The number of anilines is 1. The summed E-state index contributed by atoms with van der Waals surface area (Å²) < 4.78 is 0. The summed E-state index contributed by atoms with van der Waals surface area (Å²) in [5.41, 5.74) is 1.24. The fraction of sp³-hybridized carbons (Fsp3) is 0.647. The van der Waals surface area contributed by atoms with E-state index in [1.54, 1.807) is 11.3 Å². The van der Waals surface area contributed by atoms with Gasteiger partial charge in [-0.1, -0.05) is 6.92 Å². The molecule has 5 nitrogen and oxygen atoms in total. The Balaban J connectivity index is 1.98. The maximum absolute atomic E-state index is 9.52. The molecule has 1 fully saturated rings. The normalized spacial score (nSPS) is 17.0. The molecule has 2 aromatic rings. The molecule has 0 aromatic carbocycles. The summed E-state index contributed by atoms with van der Waals surface area (Å²) in [4.78, 5) is 14.4. The predicted octanol–water partition coefficient (Wildman–Crippen LogP) is 3.09. The number of aryl methyl sites for hydroxylation is 2. The summed E-state index contributed by atoms with van der Waals surface area (Å²) in [6.07, 6.45) is 3.41. The average molecular weight is 334 g/mol. The summed E-state index contributed by atoms with van der Waals surface area (Å²) >= 11 is 1.74. The molecule has 0 unspecified atom stereocenters. The SMILES string of the molecule is CC[C@@H](CO)Nc1nc(CN2CCCC2)nc2sc(C)c(C)c12. The van der Waals surface area contributed by atoms with Gasteiger partial charge in [-0.05, 0) is 51.8 Å². The van der Waals surface area contributed by atoms with Crippen LogP contribution >= 0.6 is 11.3 Å². The molecule has 0 spiro atoms. The monoisotopic (exact) mass is 334 g/mol. The van der Waals surface area contributed by atoms with Crippen LogP contribution < -0.4 is 5.32 Å². The molecule has 2 aromatic heterocycles. The van der Waals surface area contributed by atoms with Gasteiger partial charge in [0.05, 0.1) is 24.6 Å². The van der Waals surface area contributed by atoms with E-state index in [1.807, 2.05) is 0 Å². The lowest BCUT2D eigenvalue weighted by molar-refractivity contribution is 0.271. The van der Waals surface area contributed by atoms with E-state index in [0.29, 0.717) is 0 Å². The molecule has 6 heteroatoms. The van der Waals surface area contributed by atoms with Crippen molar-refractivity contribution in [3.05, 3.63) is 16.3 Å². The standard InChI is InChI=1S/C17H26N4OS/c1-4-13(10-22)18-16-15-11(2)12(3)23-17(15)20-14(19-16)9-21-7-5-6-8-21/h13,22H,4-10H2,1-3H3,(H,18,19,20)/t13-/m0/s1. The lowest BCUT2D eigenvalue weighted by atomic mass is 10.2. The number of aromatic nitrogens is 2. The molecule has 126 valence electrons. The van der Waals surface area contributed by atoms with Crippen molar-refractivity contribution in [3.63, 3.8) is 0 Å². The Labute approximate surface area is 141 Å². The molecule has 1 saturated heterocycles. The zero-order chi connectivity index (χ0) is 16.4. The first kappa shape index (κ1) is 16.6. The maximum Gasteiger partial charge on any atom is 0.146 e. The molecule has 2 N–H and O–H groups in total. The molecule has 1 aliphatic heterocycles. The largest absolute Gasteiger partial charge is 0.394 e. The molecule has 0 aliphatic carbocycles. The van der Waals surface area contributed by atoms with Crippen molar-refractivity contribution in [2.24, 2.45) is 0 Å². The molecule has 1 aliphatic rings. The van der Waals surface area contributed by atoms with Crippen LogP contribution in [0.5, 0.6) is 0 Å². The maximum atomic E-state index is 9.52. The molecular formula is C17H26N4OS. The molecule has 0 bridgehead atoms. The first-order chi connectivity index (χ1) is 11.1. The second-order valence-electron chi connectivity index (χ2n) is 6.37. The van der Waals surface area contributed by atoms with Gasteiger partial charge in [0.15, 0.2) is 0 Å². The van der Waals surface area contributed by atoms with Gasteiger partial charge in [0.2, 0.25) is 0 Å². The first-order valence-corrected chi connectivity index (χ1v) is 9.30. The third kappa shape index (κ3) is 3.49. The van der Waals surface area contributed by atoms with Gasteiger partial charge < -0.3 is 10.4 Å². The van der Waals surface area contributed by atoms with Crippen molar-refractivity contribution >= 4 is 27.4 Å². The van der Waals surface area contributed by atoms with E-state index >= 15 is 0 Å². The molecular weight excluding hydrogens is 308 g/mol. The Morgan fingerprint density at radius 1 is 1.26 bits per heavy atom. The van der Waals surface area contributed by atoms with E-state index < -0.39 is 0 Å². The van der Waals surface area contributed by atoms with Gasteiger partial charge in [-0.15, -0.1) is 11.3 Å². The summed E-state index contributed by atoms with van der Waals surface area (Å²) in [6.45, 7) is 9.55. The summed E-state index contributed by atoms with van der Waals surface area (Å²) in [5.74, 6) is 1.77. The van der Waals surface area contributed by atoms with E-state index in [1.165, 1.54) is 23.3 Å². The number of fused-ring (bicyclic) bond motifs is 1. The summed E-state index contributed by atoms with van der Waals surface area (Å²) in [7, 11) is 0. The van der Waals surface area contributed by atoms with Crippen LogP contribution in [0.2, 0.25) is 0 Å². The number of thiophene rings is 1. The van der Waals surface area contributed by atoms with Crippen LogP contribution in [0.15, 0.2) is 0 Å². The molecule has 3 rings (SSSR count). The van der Waals surface area contributed by atoms with Crippen molar-refractivity contribution in [2.45, 2.75) is 52.6 Å². The number of nitrogens with zero attached hydrogens (tertiary/aromatic N) is 3. The van der Waals surface area contributed by atoms with Crippen LogP contribution in [0.4, 0.5) is 5.82 Å². The first-order valence-electron chi connectivity index (χ1n) is 8.48. The minimum Gasteiger partial charge on any atom is -0.394 e. The smallest absolute Gasteiger partial charge is 0.146 e. The van der Waals surface area contributed by atoms with E-state index in [2.05, 4.69) is 31.0 Å². The van der Waals surface area contributed by atoms with Crippen LogP contribution in [0, 0.1) is 13.8 Å². The number of aliphatic hydroxyl groups excluding tert-OH is 1. The van der Waals surface area contributed by atoms with Gasteiger partial charge in [0.25, 0.3) is 0 Å². The lowest BCUT2D eigenvalue weighted by Gasteiger charge is -2.18. The third-order valence-corrected chi connectivity index (χ3v) is 5.79. The van der Waals surface area contributed by atoms with Gasteiger partial charge in [0, 0.05) is 4.88 Å². The second-order valence-corrected chi connectivity index (χ2v) is 7.57. The topological polar surface area (TPSA) is 61.3 Å². The molecule has 1 atom stereocenters. The lowest BCUT2D eigenvalue weighted by Crippen LogP contribution is -2.25. The minimum absolute atomic E-state index is 0.0346. The zero-order valence-electron chi connectivity index (χ0n) is 14.2. The van der Waals surface area contributed by atoms with Gasteiger partial charge in [0.1, 0.15) is 16.5 Å². The molecule has 0 amide bonds. The van der Waals surface area contributed by atoms with Crippen molar-refractivity contribution in [1.82, 2.24) is 14.9 Å². The Morgan fingerprint density at radius 2 is 2.00 bits per heavy atom. The fourth-order valence-corrected chi connectivity index (χ4v) is 4.13. The van der Waals surface area contributed by atoms with Crippen molar-refractivity contribution < 1.29 is 5.11 Å². The number of likely N-dealkylation sites (tertiary alicyclic amines) is 1. The zero-order valence-corrected chi connectivity index (χ0v) is 15.0. The molecule has 3 heterocycles. The predicted molar refractivity (Wildman–Crippen MR) is 96.2 cm³/mol. The second kappa shape index (κ2) is 7.11. The summed E-state index contributed by atoms with van der Waals surface area (Å²) in [5, 5.41) is 14.1.